The van der Waals surface area contributed by atoms with Gasteiger partial charge in [0.2, 0.25) is 5.91 Å². The fourth-order valence-electron chi connectivity index (χ4n) is 2.63. The molecular formula is C19H20N2O2. The van der Waals surface area contributed by atoms with Crippen LogP contribution in [0.1, 0.15) is 19.9 Å². The van der Waals surface area contributed by atoms with E-state index in [2.05, 4.69) is 5.32 Å². The van der Waals surface area contributed by atoms with Crippen LogP contribution in [0.5, 0.6) is 5.75 Å². The zero-order chi connectivity index (χ0) is 16.2. The van der Waals surface area contributed by atoms with Crippen molar-refractivity contribution in [2.24, 2.45) is 0 Å². The predicted octanol–water partition coefficient (Wildman–Crippen LogP) is 4.24. The minimum absolute atomic E-state index is 0.0393. The van der Waals surface area contributed by atoms with Gasteiger partial charge >= 0.3 is 0 Å². The first-order valence-electron chi connectivity index (χ1n) is 7.78. The third kappa shape index (κ3) is 3.21. The lowest BCUT2D eigenvalue weighted by Gasteiger charge is -2.15. The first kappa shape index (κ1) is 15.2. The molecule has 118 valence electrons. The molecule has 1 unspecified atom stereocenters. The molecule has 4 nitrogen and oxygen atoms in total. The van der Waals surface area contributed by atoms with E-state index < -0.39 is 0 Å². The van der Waals surface area contributed by atoms with E-state index in [0.717, 1.165) is 22.3 Å². The molecular weight excluding hydrogens is 288 g/mol. The van der Waals surface area contributed by atoms with Gasteiger partial charge in [-0.15, -0.1) is 0 Å². The topological polar surface area (TPSA) is 43.3 Å². The van der Waals surface area contributed by atoms with Crippen LogP contribution in [0.3, 0.4) is 0 Å². The number of rotatable bonds is 5. The minimum atomic E-state index is -0.300. The molecule has 2 aromatic carbocycles. The maximum absolute atomic E-state index is 12.5. The quantitative estimate of drug-likeness (QED) is 0.766. The van der Waals surface area contributed by atoms with Gasteiger partial charge in [0, 0.05) is 22.8 Å². The van der Waals surface area contributed by atoms with Crippen molar-refractivity contribution in [1.82, 2.24) is 4.57 Å². The average Bonchev–Trinajstić information content (AvgIpc) is 2.98. The van der Waals surface area contributed by atoms with Gasteiger partial charge in [0.15, 0.2) is 0 Å². The molecule has 0 bridgehead atoms. The SMILES string of the molecule is CCOc1ccc2c(ccn2C(C)C(=O)Nc2ccccc2)c1. The highest BCUT2D eigenvalue weighted by molar-refractivity contribution is 5.95. The lowest BCUT2D eigenvalue weighted by atomic mass is 10.2. The zero-order valence-corrected chi connectivity index (χ0v) is 13.3. The summed E-state index contributed by atoms with van der Waals surface area (Å²) in [5.41, 5.74) is 1.82. The highest BCUT2D eigenvalue weighted by atomic mass is 16.5. The Kier molecular flexibility index (Phi) is 4.33. The van der Waals surface area contributed by atoms with E-state index in [1.165, 1.54) is 0 Å². The summed E-state index contributed by atoms with van der Waals surface area (Å²) in [7, 11) is 0. The number of anilines is 1. The van der Waals surface area contributed by atoms with Gasteiger partial charge < -0.3 is 14.6 Å². The van der Waals surface area contributed by atoms with Crippen molar-refractivity contribution in [3.63, 3.8) is 0 Å². The molecule has 1 atom stereocenters. The second-order valence-corrected chi connectivity index (χ2v) is 5.41. The molecule has 0 spiro atoms. The number of fused-ring (bicyclic) bond motifs is 1. The Morgan fingerprint density at radius 3 is 2.70 bits per heavy atom. The number of hydrogen-bond donors (Lipinski definition) is 1. The number of carbonyl (C=O) groups excluding carboxylic acids is 1. The second kappa shape index (κ2) is 6.57. The fourth-order valence-corrected chi connectivity index (χ4v) is 2.63. The summed E-state index contributed by atoms with van der Waals surface area (Å²) in [4.78, 5) is 12.5. The third-order valence-electron chi connectivity index (χ3n) is 3.84. The summed E-state index contributed by atoms with van der Waals surface area (Å²) in [6.07, 6.45) is 1.94. The van der Waals surface area contributed by atoms with Crippen LogP contribution in [-0.4, -0.2) is 17.1 Å². The van der Waals surface area contributed by atoms with Crippen LogP contribution in [0.15, 0.2) is 60.8 Å². The van der Waals surface area contributed by atoms with Gasteiger partial charge in [-0.3, -0.25) is 4.79 Å². The largest absolute Gasteiger partial charge is 0.494 e. The highest BCUT2D eigenvalue weighted by Crippen LogP contribution is 2.25. The Bertz CT molecular complexity index is 809. The van der Waals surface area contributed by atoms with Crippen molar-refractivity contribution in [2.45, 2.75) is 19.9 Å². The van der Waals surface area contributed by atoms with Gasteiger partial charge in [-0.2, -0.15) is 0 Å². The highest BCUT2D eigenvalue weighted by Gasteiger charge is 2.16. The average molecular weight is 308 g/mol. The number of aromatic nitrogens is 1. The minimum Gasteiger partial charge on any atom is -0.494 e. The standard InChI is InChI=1S/C19H20N2O2/c1-3-23-17-9-10-18-15(13-17)11-12-21(18)14(2)19(22)20-16-7-5-4-6-8-16/h4-14H,3H2,1-2H3,(H,20,22). The molecule has 0 aliphatic carbocycles. The van der Waals surface area contributed by atoms with Crippen LogP contribution in [0, 0.1) is 0 Å². The van der Waals surface area contributed by atoms with E-state index in [1.54, 1.807) is 0 Å². The van der Waals surface area contributed by atoms with Crippen LogP contribution >= 0.6 is 0 Å². The Hall–Kier alpha value is -2.75. The van der Waals surface area contributed by atoms with Crippen molar-refractivity contribution in [1.29, 1.82) is 0 Å². The molecule has 1 heterocycles. The van der Waals surface area contributed by atoms with E-state index in [9.17, 15) is 4.79 Å². The van der Waals surface area contributed by atoms with Crippen LogP contribution in [-0.2, 0) is 4.79 Å². The molecule has 0 aliphatic rings. The van der Waals surface area contributed by atoms with Crippen molar-refractivity contribution in [2.75, 3.05) is 11.9 Å². The summed E-state index contributed by atoms with van der Waals surface area (Å²) in [5, 5.41) is 4.01. The number of carbonyl (C=O) groups is 1. The molecule has 1 amide bonds. The zero-order valence-electron chi connectivity index (χ0n) is 13.3. The molecule has 1 aromatic heterocycles. The van der Waals surface area contributed by atoms with Crippen LogP contribution in [0.25, 0.3) is 10.9 Å². The number of ether oxygens (including phenoxy) is 1. The molecule has 0 saturated carbocycles. The molecule has 3 aromatic rings. The van der Waals surface area contributed by atoms with Crippen molar-refractivity contribution < 1.29 is 9.53 Å². The summed E-state index contributed by atoms with van der Waals surface area (Å²) in [5.74, 6) is 0.807. The van der Waals surface area contributed by atoms with E-state index in [1.807, 2.05) is 79.2 Å². The lowest BCUT2D eigenvalue weighted by molar-refractivity contribution is -0.118. The first-order valence-corrected chi connectivity index (χ1v) is 7.78. The van der Waals surface area contributed by atoms with Crippen molar-refractivity contribution in [3.05, 3.63) is 60.8 Å². The summed E-state index contributed by atoms with van der Waals surface area (Å²) in [6.45, 7) is 4.50. The van der Waals surface area contributed by atoms with Gasteiger partial charge in [0.05, 0.1) is 6.61 Å². The Morgan fingerprint density at radius 2 is 1.96 bits per heavy atom. The van der Waals surface area contributed by atoms with E-state index >= 15 is 0 Å². The van der Waals surface area contributed by atoms with Crippen LogP contribution in [0.2, 0.25) is 0 Å². The summed E-state index contributed by atoms with van der Waals surface area (Å²) < 4.78 is 7.50. The second-order valence-electron chi connectivity index (χ2n) is 5.41. The summed E-state index contributed by atoms with van der Waals surface area (Å²) in [6, 6.07) is 17.1. The number of benzene rings is 2. The molecule has 0 fully saturated rings. The first-order chi connectivity index (χ1) is 11.2. The Balaban J connectivity index is 1.83. The lowest BCUT2D eigenvalue weighted by Crippen LogP contribution is -2.23. The Morgan fingerprint density at radius 1 is 1.17 bits per heavy atom. The number of nitrogens with one attached hydrogen (secondary N) is 1. The van der Waals surface area contributed by atoms with Gasteiger partial charge in [0.25, 0.3) is 0 Å². The van der Waals surface area contributed by atoms with Gasteiger partial charge in [-0.1, -0.05) is 18.2 Å². The van der Waals surface area contributed by atoms with Gasteiger partial charge in [-0.25, -0.2) is 0 Å². The van der Waals surface area contributed by atoms with Crippen LogP contribution < -0.4 is 10.1 Å². The predicted molar refractivity (Wildman–Crippen MR) is 92.9 cm³/mol. The molecule has 3 rings (SSSR count). The van der Waals surface area contributed by atoms with Gasteiger partial charge in [0.1, 0.15) is 11.8 Å². The molecule has 0 saturated heterocycles. The number of amides is 1. The molecule has 23 heavy (non-hydrogen) atoms. The van der Waals surface area contributed by atoms with Crippen molar-refractivity contribution in [3.8, 4) is 5.75 Å². The molecule has 1 N–H and O–H groups in total. The van der Waals surface area contributed by atoms with E-state index in [4.69, 9.17) is 4.74 Å². The maximum Gasteiger partial charge on any atom is 0.247 e. The Labute approximate surface area is 135 Å². The fraction of sp³-hybridized carbons (Fsp3) is 0.211. The monoisotopic (exact) mass is 308 g/mol. The maximum atomic E-state index is 12.5. The molecule has 0 radical (unpaired) electrons. The van der Waals surface area contributed by atoms with Crippen molar-refractivity contribution >= 4 is 22.5 Å². The number of nitrogens with zero attached hydrogens (tertiary/aromatic N) is 1. The molecule has 4 heteroatoms. The summed E-state index contributed by atoms with van der Waals surface area (Å²) >= 11 is 0. The van der Waals surface area contributed by atoms with E-state index in [-0.39, 0.29) is 11.9 Å². The van der Waals surface area contributed by atoms with Gasteiger partial charge in [-0.05, 0) is 50.2 Å². The smallest absolute Gasteiger partial charge is 0.247 e. The number of hydrogen-bond acceptors (Lipinski definition) is 2. The normalized spacial score (nSPS) is 12.1. The third-order valence-corrected chi connectivity index (χ3v) is 3.84. The van der Waals surface area contributed by atoms with Crippen LogP contribution in [0.4, 0.5) is 5.69 Å². The molecule has 0 aliphatic heterocycles. The number of para-hydroxylation sites is 1. The van der Waals surface area contributed by atoms with E-state index in [0.29, 0.717) is 6.61 Å².